The Balaban J connectivity index is 3.07. The highest BCUT2D eigenvalue weighted by atomic mass is 79.9. The van der Waals surface area contributed by atoms with Gasteiger partial charge in [0.2, 0.25) is 11.6 Å². The van der Waals surface area contributed by atoms with Gasteiger partial charge in [0.05, 0.1) is 24.1 Å². The number of benzene rings is 1. The van der Waals surface area contributed by atoms with E-state index in [4.69, 9.17) is 14.2 Å². The SMILES string of the molecule is CCOC(=O)/C=C(\CBr)Oc1c(F)ccc(OC(C)C)c1F. The highest BCUT2D eigenvalue weighted by Gasteiger charge is 2.19. The quantitative estimate of drug-likeness (QED) is 0.311. The summed E-state index contributed by atoms with van der Waals surface area (Å²) in [5.41, 5.74) is 0. The van der Waals surface area contributed by atoms with E-state index in [2.05, 4.69) is 15.9 Å². The Bertz CT molecular complexity index is 559. The van der Waals surface area contributed by atoms with Crippen LogP contribution in [0.5, 0.6) is 11.5 Å². The minimum atomic E-state index is -0.968. The highest BCUT2D eigenvalue weighted by Crippen LogP contribution is 2.31. The smallest absolute Gasteiger partial charge is 0.334 e. The molecule has 0 bridgehead atoms. The van der Waals surface area contributed by atoms with Crippen molar-refractivity contribution in [2.75, 3.05) is 11.9 Å². The fraction of sp³-hybridized carbons (Fsp3) is 0.400. The molecular formula is C15H17BrF2O4. The van der Waals surface area contributed by atoms with Gasteiger partial charge in [-0.05, 0) is 32.9 Å². The monoisotopic (exact) mass is 378 g/mol. The molecule has 0 N–H and O–H groups in total. The van der Waals surface area contributed by atoms with E-state index in [1.165, 1.54) is 6.07 Å². The Hall–Kier alpha value is -1.63. The number of hydrogen-bond acceptors (Lipinski definition) is 4. The van der Waals surface area contributed by atoms with E-state index in [9.17, 15) is 13.6 Å². The number of hydrogen-bond donors (Lipinski definition) is 0. The molecule has 1 rings (SSSR count). The molecule has 0 aromatic heterocycles. The first kappa shape index (κ1) is 18.4. The van der Waals surface area contributed by atoms with E-state index in [-0.39, 0.29) is 29.5 Å². The number of rotatable bonds is 7. The second-order valence-corrected chi connectivity index (χ2v) is 5.01. The van der Waals surface area contributed by atoms with Crippen LogP contribution >= 0.6 is 15.9 Å². The first-order valence-electron chi connectivity index (χ1n) is 6.64. The second-order valence-electron chi connectivity index (χ2n) is 4.45. The van der Waals surface area contributed by atoms with Crippen LogP contribution in [0.25, 0.3) is 0 Å². The summed E-state index contributed by atoms with van der Waals surface area (Å²) in [7, 11) is 0. The lowest BCUT2D eigenvalue weighted by Gasteiger charge is -2.14. The molecule has 1 aromatic carbocycles. The third-order valence-corrected chi connectivity index (χ3v) is 2.86. The molecule has 0 fully saturated rings. The van der Waals surface area contributed by atoms with Crippen LogP contribution in [0.15, 0.2) is 24.0 Å². The number of carbonyl (C=O) groups is 1. The zero-order chi connectivity index (χ0) is 16.7. The van der Waals surface area contributed by atoms with E-state index in [1.54, 1.807) is 20.8 Å². The molecule has 0 heterocycles. The van der Waals surface area contributed by atoms with Crippen LogP contribution < -0.4 is 9.47 Å². The molecule has 7 heteroatoms. The average molecular weight is 379 g/mol. The van der Waals surface area contributed by atoms with E-state index in [1.807, 2.05) is 0 Å². The molecule has 0 saturated carbocycles. The number of halogens is 3. The van der Waals surface area contributed by atoms with Gasteiger partial charge in [-0.25, -0.2) is 9.18 Å². The Morgan fingerprint density at radius 3 is 2.59 bits per heavy atom. The molecule has 0 spiro atoms. The maximum atomic E-state index is 14.2. The van der Waals surface area contributed by atoms with Crippen LogP contribution in [-0.2, 0) is 9.53 Å². The summed E-state index contributed by atoms with van der Waals surface area (Å²) >= 11 is 3.08. The van der Waals surface area contributed by atoms with Crippen molar-refractivity contribution in [1.82, 2.24) is 0 Å². The van der Waals surface area contributed by atoms with Crippen LogP contribution in [-0.4, -0.2) is 24.0 Å². The van der Waals surface area contributed by atoms with Gasteiger partial charge in [0.1, 0.15) is 5.76 Å². The molecule has 22 heavy (non-hydrogen) atoms. The van der Waals surface area contributed by atoms with Gasteiger partial charge >= 0.3 is 5.97 Å². The zero-order valence-electron chi connectivity index (χ0n) is 12.5. The predicted octanol–water partition coefficient (Wildman–Crippen LogP) is 3.97. The van der Waals surface area contributed by atoms with Crippen molar-refractivity contribution in [3.05, 3.63) is 35.6 Å². The molecule has 0 aliphatic rings. The number of alkyl halides is 1. The largest absolute Gasteiger partial charge is 0.488 e. The molecule has 0 amide bonds. The normalized spacial score (nSPS) is 11.5. The number of esters is 1. The molecule has 4 nitrogen and oxygen atoms in total. The third kappa shape index (κ3) is 5.29. The van der Waals surface area contributed by atoms with Gasteiger partial charge < -0.3 is 14.2 Å². The maximum Gasteiger partial charge on any atom is 0.334 e. The van der Waals surface area contributed by atoms with Crippen molar-refractivity contribution in [2.24, 2.45) is 0 Å². The van der Waals surface area contributed by atoms with E-state index in [0.717, 1.165) is 12.1 Å². The third-order valence-electron chi connectivity index (χ3n) is 2.31. The summed E-state index contributed by atoms with van der Waals surface area (Å²) in [5, 5.41) is 0.0833. The summed E-state index contributed by atoms with van der Waals surface area (Å²) in [4.78, 5) is 11.4. The maximum absolute atomic E-state index is 14.2. The van der Waals surface area contributed by atoms with Crippen molar-refractivity contribution in [3.63, 3.8) is 0 Å². The van der Waals surface area contributed by atoms with Gasteiger partial charge in [-0.2, -0.15) is 4.39 Å². The number of carbonyl (C=O) groups excluding carboxylic acids is 1. The van der Waals surface area contributed by atoms with Gasteiger partial charge in [-0.3, -0.25) is 0 Å². The lowest BCUT2D eigenvalue weighted by molar-refractivity contribution is -0.137. The minimum Gasteiger partial charge on any atom is -0.488 e. The standard InChI is InChI=1S/C15H17BrF2O4/c1-4-20-13(19)7-10(8-16)22-15-11(17)5-6-12(14(15)18)21-9(2)3/h5-7,9H,4,8H2,1-3H3/b10-7+. The topological polar surface area (TPSA) is 44.8 Å². The predicted molar refractivity (Wildman–Crippen MR) is 81.3 cm³/mol. The fourth-order valence-electron chi connectivity index (χ4n) is 1.49. The molecule has 1 aromatic rings. The molecule has 0 atom stereocenters. The molecule has 0 unspecified atom stereocenters. The molecule has 0 radical (unpaired) electrons. The van der Waals surface area contributed by atoms with Gasteiger partial charge in [0, 0.05) is 0 Å². The van der Waals surface area contributed by atoms with Crippen molar-refractivity contribution >= 4 is 21.9 Å². The zero-order valence-corrected chi connectivity index (χ0v) is 14.1. The van der Waals surface area contributed by atoms with Crippen LogP contribution in [0.1, 0.15) is 20.8 Å². The van der Waals surface area contributed by atoms with Gasteiger partial charge in [-0.1, -0.05) is 15.9 Å². The van der Waals surface area contributed by atoms with Crippen LogP contribution in [0.3, 0.4) is 0 Å². The molecule has 0 aliphatic carbocycles. The Kier molecular flexibility index (Phi) is 7.31. The summed E-state index contributed by atoms with van der Waals surface area (Å²) in [6.07, 6.45) is 0.742. The minimum absolute atomic E-state index is 0.0120. The Labute approximate surface area is 136 Å². The van der Waals surface area contributed by atoms with Gasteiger partial charge in [0.15, 0.2) is 11.6 Å². The van der Waals surface area contributed by atoms with Crippen molar-refractivity contribution in [2.45, 2.75) is 26.9 Å². The van der Waals surface area contributed by atoms with E-state index < -0.39 is 23.4 Å². The van der Waals surface area contributed by atoms with Gasteiger partial charge in [0.25, 0.3) is 0 Å². The van der Waals surface area contributed by atoms with Gasteiger partial charge in [-0.15, -0.1) is 0 Å². The van der Waals surface area contributed by atoms with Crippen molar-refractivity contribution < 1.29 is 27.8 Å². The average Bonchev–Trinajstić information content (AvgIpc) is 2.45. The summed E-state index contributed by atoms with van der Waals surface area (Å²) in [6.45, 7) is 5.26. The lowest BCUT2D eigenvalue weighted by Crippen LogP contribution is -2.10. The van der Waals surface area contributed by atoms with Crippen molar-refractivity contribution in [3.8, 4) is 11.5 Å². The fourth-order valence-corrected chi connectivity index (χ4v) is 1.77. The first-order valence-corrected chi connectivity index (χ1v) is 7.77. The summed E-state index contributed by atoms with van der Waals surface area (Å²) in [6, 6.07) is 2.22. The Morgan fingerprint density at radius 2 is 2.05 bits per heavy atom. The molecular weight excluding hydrogens is 362 g/mol. The van der Waals surface area contributed by atoms with Crippen LogP contribution in [0.2, 0.25) is 0 Å². The second kappa shape index (κ2) is 8.73. The van der Waals surface area contributed by atoms with Crippen LogP contribution in [0.4, 0.5) is 8.78 Å². The molecule has 122 valence electrons. The van der Waals surface area contributed by atoms with Crippen molar-refractivity contribution in [1.29, 1.82) is 0 Å². The Morgan fingerprint density at radius 1 is 1.36 bits per heavy atom. The van der Waals surface area contributed by atoms with E-state index >= 15 is 0 Å². The first-order chi connectivity index (χ1) is 10.4. The number of allylic oxidation sites excluding steroid dienone is 1. The summed E-state index contributed by atoms with van der Waals surface area (Å²) < 4.78 is 43.1. The molecule has 0 saturated heterocycles. The number of ether oxygens (including phenoxy) is 3. The van der Waals surface area contributed by atoms with E-state index in [0.29, 0.717) is 0 Å². The summed E-state index contributed by atoms with van der Waals surface area (Å²) in [5.74, 6) is -3.27. The van der Waals surface area contributed by atoms with Crippen LogP contribution in [0, 0.1) is 11.6 Å². The lowest BCUT2D eigenvalue weighted by atomic mass is 10.3. The highest BCUT2D eigenvalue weighted by molar-refractivity contribution is 9.09. The molecule has 0 aliphatic heterocycles.